The number of alkyl halides is 1. The molecule has 212 valence electrons. The molecule has 0 spiro atoms. The summed E-state index contributed by atoms with van der Waals surface area (Å²) in [5.41, 5.74) is 8.26. The number of carbonyl (C=O) groups is 1. The Morgan fingerprint density at radius 1 is 0.927 bits per heavy atom. The molecule has 2 aromatic heterocycles. The SMILES string of the molecule is Nc1ncnc2c1c(-c1ccc(Oc3ccccc3)cc1)nn2C1CCN(C2CN(C3CN(C(=O)O)C3)C2)CC1F. The van der Waals surface area contributed by atoms with Crippen molar-refractivity contribution in [1.29, 1.82) is 0 Å². The molecular formula is C29H31FN8O3. The summed E-state index contributed by atoms with van der Waals surface area (Å²) in [5, 5.41) is 14.5. The van der Waals surface area contributed by atoms with Gasteiger partial charge in [0.1, 0.15) is 35.5 Å². The molecule has 12 heteroatoms. The summed E-state index contributed by atoms with van der Waals surface area (Å²) in [6.45, 7) is 3.86. The first-order chi connectivity index (χ1) is 19.9. The number of carboxylic acid groups (broad SMARTS) is 1. The van der Waals surface area contributed by atoms with Crippen molar-refractivity contribution in [1.82, 2.24) is 34.4 Å². The monoisotopic (exact) mass is 558 g/mol. The molecule has 0 bridgehead atoms. The normalized spacial score (nSPS) is 22.4. The van der Waals surface area contributed by atoms with Crippen molar-refractivity contribution in [2.45, 2.75) is 30.7 Å². The molecule has 3 aliphatic heterocycles. The van der Waals surface area contributed by atoms with Gasteiger partial charge >= 0.3 is 6.09 Å². The van der Waals surface area contributed by atoms with Crippen LogP contribution in [0.5, 0.6) is 11.5 Å². The molecule has 41 heavy (non-hydrogen) atoms. The Morgan fingerprint density at radius 2 is 1.63 bits per heavy atom. The van der Waals surface area contributed by atoms with Crippen LogP contribution in [0.1, 0.15) is 12.5 Å². The third-order valence-electron chi connectivity index (χ3n) is 8.53. The van der Waals surface area contributed by atoms with Crippen molar-refractivity contribution in [2.24, 2.45) is 0 Å². The lowest BCUT2D eigenvalue weighted by Crippen LogP contribution is -2.71. The van der Waals surface area contributed by atoms with Gasteiger partial charge in [-0.25, -0.2) is 23.8 Å². The van der Waals surface area contributed by atoms with Gasteiger partial charge in [-0.1, -0.05) is 18.2 Å². The van der Waals surface area contributed by atoms with Gasteiger partial charge in [-0.2, -0.15) is 5.10 Å². The molecular weight excluding hydrogens is 527 g/mol. The smallest absolute Gasteiger partial charge is 0.407 e. The van der Waals surface area contributed by atoms with Crippen LogP contribution in [0.25, 0.3) is 22.3 Å². The number of hydrogen-bond acceptors (Lipinski definition) is 8. The molecule has 3 fully saturated rings. The number of benzene rings is 2. The van der Waals surface area contributed by atoms with Crippen LogP contribution in [0.4, 0.5) is 15.0 Å². The number of ether oxygens (including phenoxy) is 1. The zero-order valence-corrected chi connectivity index (χ0v) is 22.4. The lowest BCUT2D eigenvalue weighted by molar-refractivity contribution is -0.0609. The highest BCUT2D eigenvalue weighted by Crippen LogP contribution is 2.37. The van der Waals surface area contributed by atoms with E-state index >= 15 is 4.39 Å². The van der Waals surface area contributed by atoms with E-state index in [-0.39, 0.29) is 12.1 Å². The topological polar surface area (TPSA) is 126 Å². The van der Waals surface area contributed by atoms with Gasteiger partial charge in [-0.15, -0.1) is 0 Å². The molecule has 0 saturated carbocycles. The number of halogens is 1. The first-order valence-corrected chi connectivity index (χ1v) is 13.9. The lowest BCUT2D eigenvalue weighted by atomic mass is 9.95. The van der Waals surface area contributed by atoms with E-state index in [2.05, 4.69) is 19.8 Å². The summed E-state index contributed by atoms with van der Waals surface area (Å²) in [7, 11) is 0. The average Bonchev–Trinajstić information content (AvgIpc) is 3.30. The fraction of sp³-hybridized carbons (Fsp3) is 0.379. The minimum absolute atomic E-state index is 0.277. The molecule has 7 rings (SSSR count). The first kappa shape index (κ1) is 25.7. The van der Waals surface area contributed by atoms with Crippen LogP contribution in [0.15, 0.2) is 60.9 Å². The maximum atomic E-state index is 15.8. The van der Waals surface area contributed by atoms with E-state index < -0.39 is 18.3 Å². The highest BCUT2D eigenvalue weighted by molar-refractivity contribution is 5.98. The Balaban J connectivity index is 1.06. The standard InChI is InChI=1S/C29H31FN8O3/c30-23-16-35(19-12-36(13-19)20-14-37(15-20)29(39)40)11-10-24(23)38-28-25(27(31)32-17-33-28)26(34-38)18-6-8-22(9-7-18)41-21-4-2-1-3-5-21/h1-9,17,19-20,23-24H,10-16H2,(H,39,40)(H2,31,32,33). The predicted molar refractivity (Wildman–Crippen MR) is 151 cm³/mol. The highest BCUT2D eigenvalue weighted by atomic mass is 19.1. The van der Waals surface area contributed by atoms with E-state index in [1.165, 1.54) is 11.2 Å². The minimum Gasteiger partial charge on any atom is -0.465 e. The summed E-state index contributed by atoms with van der Waals surface area (Å²) in [5.74, 6) is 1.74. The van der Waals surface area contributed by atoms with Crippen LogP contribution >= 0.6 is 0 Å². The van der Waals surface area contributed by atoms with Gasteiger partial charge < -0.3 is 20.5 Å². The van der Waals surface area contributed by atoms with Crippen molar-refractivity contribution >= 4 is 22.9 Å². The van der Waals surface area contributed by atoms with Crippen LogP contribution in [-0.4, -0.2) is 103 Å². The van der Waals surface area contributed by atoms with E-state index in [0.717, 1.165) is 30.9 Å². The predicted octanol–water partition coefficient (Wildman–Crippen LogP) is 3.50. The highest BCUT2D eigenvalue weighted by Gasteiger charge is 2.44. The van der Waals surface area contributed by atoms with E-state index in [9.17, 15) is 4.79 Å². The van der Waals surface area contributed by atoms with Gasteiger partial charge in [0, 0.05) is 56.9 Å². The van der Waals surface area contributed by atoms with Gasteiger partial charge in [0.05, 0.1) is 11.4 Å². The molecule has 2 atom stereocenters. The quantitative estimate of drug-likeness (QED) is 0.366. The number of fused-ring (bicyclic) bond motifs is 1. The van der Waals surface area contributed by atoms with Crippen molar-refractivity contribution in [3.8, 4) is 22.8 Å². The van der Waals surface area contributed by atoms with Crippen LogP contribution in [-0.2, 0) is 0 Å². The largest absolute Gasteiger partial charge is 0.465 e. The van der Waals surface area contributed by atoms with Gasteiger partial charge in [0.15, 0.2) is 5.65 Å². The molecule has 11 nitrogen and oxygen atoms in total. The summed E-state index contributed by atoms with van der Waals surface area (Å²) >= 11 is 0. The molecule has 3 aliphatic rings. The molecule has 5 heterocycles. The molecule has 4 aromatic rings. The molecule has 2 unspecified atom stereocenters. The van der Waals surface area contributed by atoms with Crippen LogP contribution in [0.3, 0.4) is 0 Å². The number of aromatic nitrogens is 4. The van der Waals surface area contributed by atoms with Gasteiger partial charge in [0.25, 0.3) is 0 Å². The number of nitrogen functional groups attached to an aromatic ring is 1. The third kappa shape index (κ3) is 4.72. The number of piperidine rings is 1. The van der Waals surface area contributed by atoms with Gasteiger partial charge in [-0.3, -0.25) is 9.80 Å². The van der Waals surface area contributed by atoms with Crippen molar-refractivity contribution < 1.29 is 19.0 Å². The maximum Gasteiger partial charge on any atom is 0.407 e. The van der Waals surface area contributed by atoms with Crippen LogP contribution < -0.4 is 10.5 Å². The summed E-state index contributed by atoms with van der Waals surface area (Å²) < 4.78 is 23.4. The van der Waals surface area contributed by atoms with Crippen molar-refractivity contribution in [2.75, 3.05) is 45.0 Å². The fourth-order valence-corrected chi connectivity index (χ4v) is 6.12. The van der Waals surface area contributed by atoms with E-state index in [1.807, 2.05) is 54.6 Å². The Kier molecular flexibility index (Phi) is 6.43. The molecule has 3 saturated heterocycles. The number of amides is 1. The number of para-hydroxylation sites is 1. The molecule has 1 amide bonds. The van der Waals surface area contributed by atoms with Crippen LogP contribution in [0.2, 0.25) is 0 Å². The Labute approximate surface area is 235 Å². The van der Waals surface area contributed by atoms with E-state index in [0.29, 0.717) is 54.3 Å². The third-order valence-corrected chi connectivity index (χ3v) is 8.53. The fourth-order valence-electron chi connectivity index (χ4n) is 6.12. The molecule has 3 N–H and O–H groups in total. The summed E-state index contributed by atoms with van der Waals surface area (Å²) in [6, 6.07) is 17.2. The Hall–Kier alpha value is -4.29. The Bertz CT molecular complexity index is 1550. The molecule has 2 aromatic carbocycles. The van der Waals surface area contributed by atoms with E-state index in [4.69, 9.17) is 20.7 Å². The zero-order valence-electron chi connectivity index (χ0n) is 22.4. The number of anilines is 1. The van der Waals surface area contributed by atoms with Crippen molar-refractivity contribution in [3.05, 3.63) is 60.9 Å². The number of likely N-dealkylation sites (tertiary alicyclic amines) is 3. The van der Waals surface area contributed by atoms with Gasteiger partial charge in [-0.05, 0) is 42.8 Å². The number of nitrogens with zero attached hydrogens (tertiary/aromatic N) is 7. The minimum atomic E-state index is -1.13. The molecule has 0 radical (unpaired) electrons. The summed E-state index contributed by atoms with van der Waals surface area (Å²) in [4.78, 5) is 25.6. The van der Waals surface area contributed by atoms with Crippen LogP contribution in [0, 0.1) is 0 Å². The second-order valence-electron chi connectivity index (χ2n) is 11.0. The number of hydrogen-bond donors (Lipinski definition) is 2. The van der Waals surface area contributed by atoms with Gasteiger partial charge in [0.2, 0.25) is 0 Å². The lowest BCUT2D eigenvalue weighted by Gasteiger charge is -2.54. The summed E-state index contributed by atoms with van der Waals surface area (Å²) in [6.07, 6.45) is -0.000165. The second kappa shape index (κ2) is 10.3. The van der Waals surface area contributed by atoms with Crippen molar-refractivity contribution in [3.63, 3.8) is 0 Å². The van der Waals surface area contributed by atoms with E-state index in [1.54, 1.807) is 4.68 Å². The maximum absolute atomic E-state index is 15.8. The number of rotatable bonds is 6. The average molecular weight is 559 g/mol. The number of nitrogens with two attached hydrogens (primary N) is 1. The second-order valence-corrected chi connectivity index (χ2v) is 11.0. The molecule has 0 aliphatic carbocycles. The first-order valence-electron chi connectivity index (χ1n) is 13.9. The zero-order chi connectivity index (χ0) is 28.1. The Morgan fingerprint density at radius 3 is 2.34 bits per heavy atom.